The van der Waals surface area contributed by atoms with E-state index in [0.717, 1.165) is 35.3 Å². The van der Waals surface area contributed by atoms with Crippen LogP contribution in [0.4, 0.5) is 5.95 Å². The Morgan fingerprint density at radius 2 is 1.74 bits per heavy atom. The van der Waals surface area contributed by atoms with Gasteiger partial charge in [0, 0.05) is 42.4 Å². The number of ether oxygens (including phenoxy) is 2. The maximum absolute atomic E-state index is 14.6. The summed E-state index contributed by atoms with van der Waals surface area (Å²) in [6.45, 7) is 9.52. The summed E-state index contributed by atoms with van der Waals surface area (Å²) in [6.07, 6.45) is 3.95. The normalized spacial score (nSPS) is 18.2. The van der Waals surface area contributed by atoms with Gasteiger partial charge in [-0.15, -0.1) is 0 Å². The molecule has 12 nitrogen and oxygen atoms in total. The lowest BCUT2D eigenvalue weighted by Crippen LogP contribution is -2.45. The van der Waals surface area contributed by atoms with Crippen molar-refractivity contribution in [2.24, 2.45) is 5.92 Å². The third kappa shape index (κ3) is 7.06. The SMILES string of the molecule is Cc1cccc(C)c1-c1cc2nc(n1)NS(=O)(=O)c1cccc(c1)C(=O)N(Cc1cnc3oc(C(C)C)cc3n1)[C@H](CC1CCOCC1)CO2. The van der Waals surface area contributed by atoms with Crippen molar-refractivity contribution in [3.8, 4) is 17.1 Å². The van der Waals surface area contributed by atoms with Gasteiger partial charge in [0.15, 0.2) is 0 Å². The Balaban J connectivity index is 1.34. The number of nitrogens with one attached hydrogen (secondary N) is 1. The molecule has 0 aliphatic carbocycles. The molecular weight excluding hydrogens is 657 g/mol. The zero-order valence-corrected chi connectivity index (χ0v) is 29.4. The summed E-state index contributed by atoms with van der Waals surface area (Å²) < 4.78 is 48.0. The van der Waals surface area contributed by atoms with Crippen molar-refractivity contribution in [2.45, 2.75) is 70.4 Å². The minimum atomic E-state index is -4.19. The van der Waals surface area contributed by atoms with Gasteiger partial charge in [-0.2, -0.15) is 4.98 Å². The van der Waals surface area contributed by atoms with Gasteiger partial charge < -0.3 is 18.8 Å². The second-order valence-corrected chi connectivity index (χ2v) is 15.0. The van der Waals surface area contributed by atoms with Crippen molar-refractivity contribution in [1.82, 2.24) is 24.8 Å². The summed E-state index contributed by atoms with van der Waals surface area (Å²) in [7, 11) is -4.19. The van der Waals surface area contributed by atoms with Crippen molar-refractivity contribution >= 4 is 33.1 Å². The van der Waals surface area contributed by atoms with E-state index in [1.807, 2.05) is 52.0 Å². The molecule has 50 heavy (non-hydrogen) atoms. The van der Waals surface area contributed by atoms with Gasteiger partial charge in [0.25, 0.3) is 15.9 Å². The number of hydrogen-bond donors (Lipinski definition) is 1. The topological polar surface area (TPSA) is 150 Å². The highest BCUT2D eigenvalue weighted by Gasteiger charge is 2.32. The van der Waals surface area contributed by atoms with Gasteiger partial charge in [-0.25, -0.2) is 28.1 Å². The van der Waals surface area contributed by atoms with E-state index >= 15 is 0 Å². The molecule has 0 spiro atoms. The molecular formula is C37H40N6O6S. The second-order valence-electron chi connectivity index (χ2n) is 13.4. The maximum atomic E-state index is 14.6. The summed E-state index contributed by atoms with van der Waals surface area (Å²) in [5, 5.41) is 0. The number of nitrogens with zero attached hydrogens (tertiary/aromatic N) is 5. The molecule has 3 aromatic heterocycles. The van der Waals surface area contributed by atoms with Crippen LogP contribution < -0.4 is 9.46 Å². The Morgan fingerprint density at radius 3 is 2.50 bits per heavy atom. The van der Waals surface area contributed by atoms with Crippen LogP contribution in [0.5, 0.6) is 5.88 Å². The predicted octanol–water partition coefficient (Wildman–Crippen LogP) is 6.44. The lowest BCUT2D eigenvalue weighted by molar-refractivity contribution is 0.0351. The zero-order chi connectivity index (χ0) is 35.0. The number of fused-ring (bicyclic) bond motifs is 5. The van der Waals surface area contributed by atoms with E-state index in [-0.39, 0.29) is 53.2 Å². The number of aryl methyl sites for hydroxylation is 2. The molecule has 4 bridgehead atoms. The van der Waals surface area contributed by atoms with E-state index < -0.39 is 16.1 Å². The van der Waals surface area contributed by atoms with Gasteiger partial charge in [0.2, 0.25) is 17.5 Å². The molecule has 0 unspecified atom stereocenters. The zero-order valence-electron chi connectivity index (χ0n) is 28.5. The van der Waals surface area contributed by atoms with Gasteiger partial charge in [-0.05, 0) is 68.4 Å². The van der Waals surface area contributed by atoms with Crippen molar-refractivity contribution in [3.05, 3.63) is 88.9 Å². The van der Waals surface area contributed by atoms with E-state index in [1.165, 1.54) is 12.1 Å². The van der Waals surface area contributed by atoms with Crippen LogP contribution in [-0.4, -0.2) is 65.0 Å². The van der Waals surface area contributed by atoms with Gasteiger partial charge in [0.1, 0.15) is 17.9 Å². The molecule has 5 aromatic rings. The van der Waals surface area contributed by atoms with Crippen LogP contribution in [0.15, 0.2) is 70.1 Å². The molecule has 0 saturated carbocycles. The number of carbonyl (C=O) groups is 1. The first kappa shape index (κ1) is 33.6. The van der Waals surface area contributed by atoms with Crippen LogP contribution in [0, 0.1) is 19.8 Å². The molecule has 1 fully saturated rings. The highest BCUT2D eigenvalue weighted by Crippen LogP contribution is 2.32. The van der Waals surface area contributed by atoms with Crippen molar-refractivity contribution in [3.63, 3.8) is 0 Å². The number of aromatic nitrogens is 4. The van der Waals surface area contributed by atoms with E-state index in [1.54, 1.807) is 29.3 Å². The Bertz CT molecular complexity index is 2140. The van der Waals surface area contributed by atoms with Crippen molar-refractivity contribution in [2.75, 3.05) is 24.5 Å². The van der Waals surface area contributed by atoms with Crippen LogP contribution in [-0.2, 0) is 21.3 Å². The Hall–Kier alpha value is -4.88. The third-order valence-electron chi connectivity index (χ3n) is 9.34. The highest BCUT2D eigenvalue weighted by molar-refractivity contribution is 7.92. The maximum Gasteiger partial charge on any atom is 0.264 e. The number of amides is 1. The molecule has 1 saturated heterocycles. The Kier molecular flexibility index (Phi) is 9.27. The second kappa shape index (κ2) is 13.8. The van der Waals surface area contributed by atoms with E-state index in [0.29, 0.717) is 42.3 Å². The lowest BCUT2D eigenvalue weighted by Gasteiger charge is -2.35. The minimum Gasteiger partial charge on any atom is -0.475 e. The summed E-state index contributed by atoms with van der Waals surface area (Å²) in [6, 6.07) is 15.1. The smallest absolute Gasteiger partial charge is 0.264 e. The largest absolute Gasteiger partial charge is 0.475 e. The Morgan fingerprint density at radius 1 is 0.980 bits per heavy atom. The predicted molar refractivity (Wildman–Crippen MR) is 187 cm³/mol. The monoisotopic (exact) mass is 696 g/mol. The first-order valence-electron chi connectivity index (χ1n) is 16.9. The van der Waals surface area contributed by atoms with Crippen LogP contribution in [0.1, 0.15) is 72.0 Å². The van der Waals surface area contributed by atoms with Crippen LogP contribution in [0.3, 0.4) is 0 Å². The minimum absolute atomic E-state index is 0.0899. The number of sulfonamides is 1. The molecule has 7 rings (SSSR count). The molecule has 5 heterocycles. The number of benzene rings is 2. The standard InChI is InChI=1S/C37H40N6O6S/c1-22(2)32-17-31-35(49-32)38-19-27(39-31)20-43-28(15-25-11-13-47-14-12-25)21-48-33-18-30(34-23(3)7-5-8-24(34)4)40-37(41-33)42-50(45,46)29-10-6-9-26(16-29)36(43)44/h5-10,16-19,22,25,28H,11-15,20-21H2,1-4H3,(H,40,41,42)/t28-/m1/s1. The fraction of sp³-hybridized carbons (Fsp3) is 0.378. The summed E-state index contributed by atoms with van der Waals surface area (Å²) in [5.74, 6) is 0.918. The number of hydrogen-bond acceptors (Lipinski definition) is 10. The summed E-state index contributed by atoms with van der Waals surface area (Å²) in [4.78, 5) is 34.7. The van der Waals surface area contributed by atoms with Gasteiger partial charge in [-0.1, -0.05) is 38.1 Å². The van der Waals surface area contributed by atoms with Gasteiger partial charge >= 0.3 is 0 Å². The number of carbonyl (C=O) groups excluding carboxylic acids is 1. The molecule has 2 aliphatic rings. The van der Waals surface area contributed by atoms with Crippen LogP contribution in [0.2, 0.25) is 0 Å². The van der Waals surface area contributed by atoms with Gasteiger partial charge in [0.05, 0.1) is 35.1 Å². The van der Waals surface area contributed by atoms with Crippen LogP contribution in [0.25, 0.3) is 22.5 Å². The van der Waals surface area contributed by atoms with Crippen molar-refractivity contribution in [1.29, 1.82) is 0 Å². The molecule has 1 atom stereocenters. The summed E-state index contributed by atoms with van der Waals surface area (Å²) >= 11 is 0. The Labute approximate surface area is 291 Å². The molecule has 0 radical (unpaired) electrons. The average Bonchev–Trinajstić information content (AvgIpc) is 3.53. The molecule has 2 aromatic carbocycles. The lowest BCUT2D eigenvalue weighted by atomic mass is 9.91. The number of rotatable bonds is 6. The fourth-order valence-corrected chi connectivity index (χ4v) is 7.64. The fourth-order valence-electron chi connectivity index (χ4n) is 6.65. The number of furan rings is 1. The van der Waals surface area contributed by atoms with E-state index in [4.69, 9.17) is 18.9 Å². The summed E-state index contributed by atoms with van der Waals surface area (Å²) in [5.41, 5.74) is 5.14. The molecule has 1 amide bonds. The molecule has 260 valence electrons. The quantitative estimate of drug-likeness (QED) is 0.210. The van der Waals surface area contributed by atoms with Crippen molar-refractivity contribution < 1.29 is 27.1 Å². The molecule has 13 heteroatoms. The van der Waals surface area contributed by atoms with Crippen LogP contribution >= 0.6 is 0 Å². The number of anilines is 1. The van der Waals surface area contributed by atoms with Gasteiger partial charge in [-0.3, -0.25) is 4.79 Å². The van der Waals surface area contributed by atoms with E-state index in [2.05, 4.69) is 19.7 Å². The van der Waals surface area contributed by atoms with E-state index in [9.17, 15) is 13.2 Å². The highest BCUT2D eigenvalue weighted by atomic mass is 32.2. The molecule has 1 N–H and O–H groups in total. The first-order chi connectivity index (χ1) is 24.0. The molecule has 2 aliphatic heterocycles. The third-order valence-corrected chi connectivity index (χ3v) is 10.7. The first-order valence-corrected chi connectivity index (χ1v) is 18.4. The average molecular weight is 697 g/mol.